The number of anilines is 2. The number of nitrogens with zero attached hydrogens (tertiary/aromatic N) is 2. The van der Waals surface area contributed by atoms with Crippen LogP contribution < -0.4 is 15.4 Å². The van der Waals surface area contributed by atoms with Crippen LogP contribution in [0, 0.1) is 13.8 Å². The van der Waals surface area contributed by atoms with E-state index < -0.39 is 0 Å². The van der Waals surface area contributed by atoms with E-state index in [0.717, 1.165) is 11.4 Å². The zero-order chi connectivity index (χ0) is 18.5. The highest BCUT2D eigenvalue weighted by molar-refractivity contribution is 6.30. The summed E-state index contributed by atoms with van der Waals surface area (Å²) < 4.78 is 5.69. The average molecular weight is 369 g/mol. The van der Waals surface area contributed by atoms with E-state index in [1.807, 2.05) is 19.9 Å². The second kappa shape index (κ2) is 7.84. The van der Waals surface area contributed by atoms with Gasteiger partial charge in [0, 0.05) is 33.9 Å². The standard InChI is InChI=1S/C19H17ClN4O2/c1-12-10-13(2)22-19(21-12)26-17-5-3-4-16(11-17)24-18(25)23-15-8-6-14(20)7-9-15/h3-11H,1-2H3,(H2,23,24,25). The van der Waals surface area contributed by atoms with Gasteiger partial charge in [0.15, 0.2) is 0 Å². The second-order valence-electron chi connectivity index (χ2n) is 5.65. The molecule has 2 amide bonds. The van der Waals surface area contributed by atoms with Crippen LogP contribution in [-0.2, 0) is 0 Å². The van der Waals surface area contributed by atoms with Crippen LogP contribution in [0.4, 0.5) is 16.2 Å². The first-order valence-electron chi connectivity index (χ1n) is 7.92. The molecule has 0 aliphatic rings. The van der Waals surface area contributed by atoms with E-state index in [9.17, 15) is 4.79 Å². The number of urea groups is 1. The lowest BCUT2D eigenvalue weighted by atomic mass is 10.3. The molecular weight excluding hydrogens is 352 g/mol. The summed E-state index contributed by atoms with van der Waals surface area (Å²) in [6.07, 6.45) is 0. The number of amides is 2. The van der Waals surface area contributed by atoms with Gasteiger partial charge in [-0.3, -0.25) is 0 Å². The molecule has 7 heteroatoms. The van der Waals surface area contributed by atoms with Gasteiger partial charge >= 0.3 is 12.0 Å². The zero-order valence-electron chi connectivity index (χ0n) is 14.3. The molecule has 26 heavy (non-hydrogen) atoms. The number of halogens is 1. The number of hydrogen-bond acceptors (Lipinski definition) is 4. The Labute approximate surface area is 156 Å². The second-order valence-corrected chi connectivity index (χ2v) is 6.09. The predicted molar refractivity (Wildman–Crippen MR) is 102 cm³/mol. The van der Waals surface area contributed by atoms with Crippen LogP contribution >= 0.6 is 11.6 Å². The van der Waals surface area contributed by atoms with Crippen LogP contribution in [0.5, 0.6) is 11.8 Å². The minimum absolute atomic E-state index is 0.269. The van der Waals surface area contributed by atoms with Crippen molar-refractivity contribution in [1.29, 1.82) is 0 Å². The Morgan fingerprint density at radius 2 is 1.58 bits per heavy atom. The molecule has 0 saturated heterocycles. The fourth-order valence-electron chi connectivity index (χ4n) is 2.31. The Hall–Kier alpha value is -3.12. The topological polar surface area (TPSA) is 76.1 Å². The summed E-state index contributed by atoms with van der Waals surface area (Å²) in [4.78, 5) is 20.6. The molecule has 0 bridgehead atoms. The molecule has 0 atom stereocenters. The third-order valence-electron chi connectivity index (χ3n) is 3.36. The van der Waals surface area contributed by atoms with Crippen LogP contribution in [0.3, 0.4) is 0 Å². The maximum Gasteiger partial charge on any atom is 0.323 e. The van der Waals surface area contributed by atoms with Gasteiger partial charge in [0.05, 0.1) is 0 Å². The molecule has 3 aromatic rings. The summed E-state index contributed by atoms with van der Waals surface area (Å²) in [6.45, 7) is 3.75. The molecule has 132 valence electrons. The van der Waals surface area contributed by atoms with Crippen molar-refractivity contribution in [2.75, 3.05) is 10.6 Å². The Kier molecular flexibility index (Phi) is 5.34. The van der Waals surface area contributed by atoms with Crippen molar-refractivity contribution in [3.63, 3.8) is 0 Å². The first-order chi connectivity index (χ1) is 12.5. The van der Waals surface area contributed by atoms with E-state index in [0.29, 0.717) is 22.1 Å². The van der Waals surface area contributed by atoms with Crippen molar-refractivity contribution < 1.29 is 9.53 Å². The van der Waals surface area contributed by atoms with Crippen LogP contribution in [0.25, 0.3) is 0 Å². The van der Waals surface area contributed by atoms with Gasteiger partial charge in [-0.2, -0.15) is 0 Å². The highest BCUT2D eigenvalue weighted by atomic mass is 35.5. The third-order valence-corrected chi connectivity index (χ3v) is 3.62. The molecule has 2 aromatic carbocycles. The summed E-state index contributed by atoms with van der Waals surface area (Å²) in [5.74, 6) is 0.527. The van der Waals surface area contributed by atoms with Gasteiger partial charge in [0.2, 0.25) is 0 Å². The van der Waals surface area contributed by atoms with Crippen LogP contribution in [0.1, 0.15) is 11.4 Å². The molecule has 0 saturated carbocycles. The number of carbonyl (C=O) groups is 1. The van der Waals surface area contributed by atoms with Gasteiger partial charge in [-0.1, -0.05) is 17.7 Å². The van der Waals surface area contributed by atoms with Crippen molar-refractivity contribution in [3.05, 3.63) is 71.0 Å². The Morgan fingerprint density at radius 1 is 0.923 bits per heavy atom. The predicted octanol–water partition coefficient (Wildman–Crippen LogP) is 5.18. The lowest BCUT2D eigenvalue weighted by Gasteiger charge is -2.10. The summed E-state index contributed by atoms with van der Waals surface area (Å²) in [7, 11) is 0. The van der Waals surface area contributed by atoms with Crippen molar-refractivity contribution in [2.45, 2.75) is 13.8 Å². The number of aryl methyl sites for hydroxylation is 2. The van der Waals surface area contributed by atoms with E-state index >= 15 is 0 Å². The van der Waals surface area contributed by atoms with Gasteiger partial charge in [-0.25, -0.2) is 14.8 Å². The molecule has 0 aliphatic heterocycles. The van der Waals surface area contributed by atoms with Gasteiger partial charge in [0.25, 0.3) is 0 Å². The number of nitrogens with one attached hydrogen (secondary N) is 2. The maximum atomic E-state index is 12.1. The monoisotopic (exact) mass is 368 g/mol. The molecule has 0 aliphatic carbocycles. The normalized spacial score (nSPS) is 10.3. The summed E-state index contributed by atoms with van der Waals surface area (Å²) in [5, 5.41) is 6.08. The number of hydrogen-bond donors (Lipinski definition) is 2. The van der Waals surface area contributed by atoms with Crippen LogP contribution in [0.15, 0.2) is 54.6 Å². The van der Waals surface area contributed by atoms with E-state index in [2.05, 4.69) is 20.6 Å². The third kappa shape index (κ3) is 4.94. The number of aromatic nitrogens is 2. The zero-order valence-corrected chi connectivity index (χ0v) is 15.0. The minimum atomic E-state index is -0.368. The highest BCUT2D eigenvalue weighted by Crippen LogP contribution is 2.22. The van der Waals surface area contributed by atoms with E-state index in [4.69, 9.17) is 16.3 Å². The SMILES string of the molecule is Cc1cc(C)nc(Oc2cccc(NC(=O)Nc3ccc(Cl)cc3)c2)n1. The molecule has 0 spiro atoms. The number of benzene rings is 2. The molecule has 6 nitrogen and oxygen atoms in total. The lowest BCUT2D eigenvalue weighted by molar-refractivity contribution is 0.262. The molecule has 1 heterocycles. The van der Waals surface area contributed by atoms with Crippen LogP contribution in [0.2, 0.25) is 5.02 Å². The smallest absolute Gasteiger partial charge is 0.323 e. The fraction of sp³-hybridized carbons (Fsp3) is 0.105. The highest BCUT2D eigenvalue weighted by Gasteiger charge is 2.06. The number of ether oxygens (including phenoxy) is 1. The molecule has 2 N–H and O–H groups in total. The first kappa shape index (κ1) is 17.7. The van der Waals surface area contributed by atoms with E-state index in [1.165, 1.54) is 0 Å². The number of rotatable bonds is 4. The Morgan fingerprint density at radius 3 is 2.27 bits per heavy atom. The van der Waals surface area contributed by atoms with Crippen molar-refractivity contribution in [2.24, 2.45) is 0 Å². The van der Waals surface area contributed by atoms with Gasteiger partial charge in [-0.05, 0) is 56.3 Å². The summed E-state index contributed by atoms with van der Waals surface area (Å²) in [6, 6.07) is 15.6. The van der Waals surface area contributed by atoms with E-state index in [-0.39, 0.29) is 12.0 Å². The quantitative estimate of drug-likeness (QED) is 0.665. The van der Waals surface area contributed by atoms with Gasteiger partial charge in [-0.15, -0.1) is 0 Å². The number of carbonyl (C=O) groups excluding carboxylic acids is 1. The Balaban J connectivity index is 1.66. The Bertz CT molecular complexity index is 909. The van der Waals surface area contributed by atoms with Crippen molar-refractivity contribution in [1.82, 2.24) is 9.97 Å². The van der Waals surface area contributed by atoms with Gasteiger partial charge < -0.3 is 15.4 Å². The molecule has 0 unspecified atom stereocenters. The van der Waals surface area contributed by atoms with Crippen molar-refractivity contribution in [3.8, 4) is 11.8 Å². The van der Waals surface area contributed by atoms with E-state index in [1.54, 1.807) is 48.5 Å². The molecule has 0 radical (unpaired) electrons. The lowest BCUT2D eigenvalue weighted by Crippen LogP contribution is -2.19. The fourth-order valence-corrected chi connectivity index (χ4v) is 2.43. The first-order valence-corrected chi connectivity index (χ1v) is 8.29. The minimum Gasteiger partial charge on any atom is -0.424 e. The molecule has 0 fully saturated rings. The average Bonchev–Trinajstić information content (AvgIpc) is 2.56. The molecular formula is C19H17ClN4O2. The largest absolute Gasteiger partial charge is 0.424 e. The molecule has 1 aromatic heterocycles. The summed E-state index contributed by atoms with van der Waals surface area (Å²) >= 11 is 5.83. The van der Waals surface area contributed by atoms with Crippen molar-refractivity contribution >= 4 is 29.0 Å². The molecule has 3 rings (SSSR count). The van der Waals surface area contributed by atoms with Gasteiger partial charge in [0.1, 0.15) is 5.75 Å². The van der Waals surface area contributed by atoms with Crippen LogP contribution in [-0.4, -0.2) is 16.0 Å². The summed E-state index contributed by atoms with van der Waals surface area (Å²) in [5.41, 5.74) is 2.87. The maximum absolute atomic E-state index is 12.1.